The summed E-state index contributed by atoms with van der Waals surface area (Å²) in [5, 5.41) is 2.17. The summed E-state index contributed by atoms with van der Waals surface area (Å²) in [6, 6.07) is 19.6. The Kier molecular flexibility index (Phi) is 8.04. The molecule has 2 aliphatic rings. The van der Waals surface area contributed by atoms with Crippen molar-refractivity contribution < 1.29 is 9.47 Å². The van der Waals surface area contributed by atoms with Crippen LogP contribution in [0.15, 0.2) is 60.0 Å². The molecular formula is C29H37N3O2S. The number of likely N-dealkylation sites (N-methyl/N-ethyl adjacent to an activating group) is 1. The Morgan fingerprint density at radius 1 is 0.943 bits per heavy atom. The summed E-state index contributed by atoms with van der Waals surface area (Å²) in [5.74, 6) is 2.28. The quantitative estimate of drug-likeness (QED) is 0.396. The lowest BCUT2D eigenvalue weighted by Crippen LogP contribution is -2.46. The normalized spacial score (nSPS) is 19.4. The first-order valence-corrected chi connectivity index (χ1v) is 13.6. The Labute approximate surface area is 213 Å². The zero-order valence-electron chi connectivity index (χ0n) is 21.0. The molecule has 1 unspecified atom stereocenters. The number of ether oxygens (including phenoxy) is 2. The van der Waals surface area contributed by atoms with Gasteiger partial charge in [-0.3, -0.25) is 4.90 Å². The van der Waals surface area contributed by atoms with Crippen LogP contribution in [0.25, 0.3) is 0 Å². The van der Waals surface area contributed by atoms with Crippen molar-refractivity contribution >= 4 is 11.3 Å². The lowest BCUT2D eigenvalue weighted by atomic mass is 9.84. The Hall–Kier alpha value is -2.38. The summed E-state index contributed by atoms with van der Waals surface area (Å²) in [4.78, 5) is 9.02. The number of nitrogens with zero attached hydrogens (tertiary/aromatic N) is 3. The molecule has 0 aliphatic carbocycles. The van der Waals surface area contributed by atoms with Crippen LogP contribution in [0.5, 0.6) is 11.5 Å². The zero-order chi connectivity index (χ0) is 24.0. The fourth-order valence-electron chi connectivity index (χ4n) is 5.31. The number of benzene rings is 2. The number of methoxy groups -OCH3 is 1. The van der Waals surface area contributed by atoms with E-state index in [2.05, 4.69) is 81.7 Å². The third-order valence-electron chi connectivity index (χ3n) is 7.25. The molecule has 2 aromatic carbocycles. The van der Waals surface area contributed by atoms with Crippen molar-refractivity contribution in [2.24, 2.45) is 0 Å². The fourth-order valence-corrected chi connectivity index (χ4v) is 6.05. The topological polar surface area (TPSA) is 28.2 Å². The molecule has 0 amide bonds. The van der Waals surface area contributed by atoms with Crippen LogP contribution >= 0.6 is 11.3 Å². The van der Waals surface area contributed by atoms with Crippen molar-refractivity contribution in [1.82, 2.24) is 14.7 Å². The van der Waals surface area contributed by atoms with Gasteiger partial charge in [-0.2, -0.15) is 0 Å². The molecule has 2 aliphatic heterocycles. The van der Waals surface area contributed by atoms with Crippen molar-refractivity contribution in [2.45, 2.75) is 25.4 Å². The maximum absolute atomic E-state index is 6.19. The lowest BCUT2D eigenvalue weighted by molar-refractivity contribution is 0.122. The third-order valence-corrected chi connectivity index (χ3v) is 8.12. The molecule has 3 heterocycles. The van der Waals surface area contributed by atoms with E-state index in [9.17, 15) is 0 Å². The van der Waals surface area contributed by atoms with E-state index in [1.54, 1.807) is 7.11 Å². The van der Waals surface area contributed by atoms with E-state index in [-0.39, 0.29) is 0 Å². The highest BCUT2D eigenvalue weighted by atomic mass is 32.1. The average Bonchev–Trinajstić information content (AvgIpc) is 3.40. The fraction of sp³-hybridized carbons (Fsp3) is 0.448. The minimum absolute atomic E-state index is 0.377. The summed E-state index contributed by atoms with van der Waals surface area (Å²) >= 11 is 1.86. The maximum atomic E-state index is 6.19. The molecule has 0 bridgehead atoms. The Morgan fingerprint density at radius 3 is 2.46 bits per heavy atom. The van der Waals surface area contributed by atoms with Crippen LogP contribution in [-0.2, 0) is 13.1 Å². The van der Waals surface area contributed by atoms with Crippen molar-refractivity contribution in [3.8, 4) is 11.5 Å². The number of hydrogen-bond donors (Lipinski definition) is 0. The molecule has 0 N–H and O–H groups in total. The summed E-state index contributed by atoms with van der Waals surface area (Å²) in [6.45, 7) is 9.61. The molecule has 1 fully saturated rings. The van der Waals surface area contributed by atoms with Crippen LogP contribution in [0.4, 0.5) is 0 Å². The average molecular weight is 492 g/mol. The highest BCUT2D eigenvalue weighted by Gasteiger charge is 2.25. The molecule has 186 valence electrons. The van der Waals surface area contributed by atoms with Crippen LogP contribution in [0, 0.1) is 0 Å². The second kappa shape index (κ2) is 11.6. The zero-order valence-corrected chi connectivity index (χ0v) is 21.8. The lowest BCUT2D eigenvalue weighted by Gasteiger charge is -2.34. The monoisotopic (exact) mass is 491 g/mol. The summed E-state index contributed by atoms with van der Waals surface area (Å²) in [6.07, 6.45) is 1.07. The number of fused-ring (bicyclic) bond motifs is 1. The molecule has 0 spiro atoms. The third kappa shape index (κ3) is 6.25. The molecule has 1 atom stereocenters. The highest BCUT2D eigenvalue weighted by Crippen LogP contribution is 2.35. The van der Waals surface area contributed by atoms with Crippen molar-refractivity contribution in [2.75, 3.05) is 60.0 Å². The van der Waals surface area contributed by atoms with E-state index in [0.717, 1.165) is 76.9 Å². The first-order valence-electron chi connectivity index (χ1n) is 12.7. The molecule has 3 aromatic rings. The van der Waals surface area contributed by atoms with E-state index in [1.165, 1.54) is 21.6 Å². The maximum Gasteiger partial charge on any atom is 0.119 e. The highest BCUT2D eigenvalue weighted by molar-refractivity contribution is 7.09. The minimum Gasteiger partial charge on any atom is -0.497 e. The van der Waals surface area contributed by atoms with Crippen LogP contribution in [0.3, 0.4) is 0 Å². The van der Waals surface area contributed by atoms with E-state index in [4.69, 9.17) is 9.47 Å². The van der Waals surface area contributed by atoms with Gasteiger partial charge in [0, 0.05) is 63.2 Å². The Morgan fingerprint density at radius 2 is 1.71 bits per heavy atom. The van der Waals surface area contributed by atoms with E-state index in [1.807, 2.05) is 11.3 Å². The largest absolute Gasteiger partial charge is 0.497 e. The smallest absolute Gasteiger partial charge is 0.119 e. The molecule has 0 saturated carbocycles. The van der Waals surface area contributed by atoms with Gasteiger partial charge in [-0.1, -0.05) is 24.3 Å². The van der Waals surface area contributed by atoms with Gasteiger partial charge < -0.3 is 19.3 Å². The Bertz CT molecular complexity index is 1060. The summed E-state index contributed by atoms with van der Waals surface area (Å²) in [7, 11) is 3.92. The van der Waals surface area contributed by atoms with Gasteiger partial charge in [0.1, 0.15) is 11.5 Å². The number of hydrogen-bond acceptors (Lipinski definition) is 6. The summed E-state index contributed by atoms with van der Waals surface area (Å²) in [5.41, 5.74) is 4.13. The van der Waals surface area contributed by atoms with Crippen molar-refractivity contribution in [1.29, 1.82) is 0 Å². The summed E-state index contributed by atoms with van der Waals surface area (Å²) < 4.78 is 11.5. The van der Waals surface area contributed by atoms with E-state index < -0.39 is 0 Å². The van der Waals surface area contributed by atoms with Crippen molar-refractivity contribution in [3.63, 3.8) is 0 Å². The van der Waals surface area contributed by atoms with Crippen molar-refractivity contribution in [3.05, 3.63) is 81.5 Å². The van der Waals surface area contributed by atoms with E-state index >= 15 is 0 Å². The predicted octanol–water partition coefficient (Wildman–Crippen LogP) is 4.92. The molecular weight excluding hydrogens is 454 g/mol. The minimum atomic E-state index is 0.377. The van der Waals surface area contributed by atoms with Gasteiger partial charge in [-0.05, 0) is 65.9 Å². The van der Waals surface area contributed by atoms with Gasteiger partial charge in [-0.15, -0.1) is 11.3 Å². The van der Waals surface area contributed by atoms with Gasteiger partial charge in [-0.25, -0.2) is 0 Å². The Balaban J connectivity index is 1.10. The number of thiophene rings is 1. The molecule has 1 aromatic heterocycles. The molecule has 5 nitrogen and oxygen atoms in total. The first kappa shape index (κ1) is 24.3. The second-order valence-corrected chi connectivity index (χ2v) is 10.8. The molecule has 0 radical (unpaired) electrons. The SMILES string of the molecule is COc1ccc(C2CN(C)Cc3cc(OCCCN4CCN(Cc5cccs5)CC4)ccc32)cc1. The molecule has 5 rings (SSSR count). The number of rotatable bonds is 9. The standard InChI is InChI=1S/C29H37N3O2S/c1-30-20-24-19-26(10-11-28(24)29(22-30)23-6-8-25(33-2)9-7-23)34-17-4-12-31-13-15-32(16-14-31)21-27-5-3-18-35-27/h3,5-11,18-19,29H,4,12-17,20-22H2,1-2H3. The van der Waals surface area contributed by atoms with Crippen LogP contribution in [-0.4, -0.2) is 74.7 Å². The van der Waals surface area contributed by atoms with E-state index in [0.29, 0.717) is 5.92 Å². The first-order chi connectivity index (χ1) is 17.2. The van der Waals surface area contributed by atoms with Gasteiger partial charge in [0.15, 0.2) is 0 Å². The molecule has 1 saturated heterocycles. The second-order valence-electron chi connectivity index (χ2n) is 9.78. The van der Waals surface area contributed by atoms with Crippen LogP contribution < -0.4 is 9.47 Å². The van der Waals surface area contributed by atoms with Gasteiger partial charge in [0.2, 0.25) is 0 Å². The van der Waals surface area contributed by atoms with Crippen LogP contribution in [0.2, 0.25) is 0 Å². The van der Waals surface area contributed by atoms with Gasteiger partial charge in [0.25, 0.3) is 0 Å². The molecule has 35 heavy (non-hydrogen) atoms. The van der Waals surface area contributed by atoms with Gasteiger partial charge >= 0.3 is 0 Å². The molecule has 6 heteroatoms. The van der Waals surface area contributed by atoms with Crippen LogP contribution in [0.1, 0.15) is 33.9 Å². The number of piperazine rings is 1. The predicted molar refractivity (Wildman–Crippen MR) is 144 cm³/mol. The van der Waals surface area contributed by atoms with Gasteiger partial charge in [0.05, 0.1) is 13.7 Å².